The zero-order valence-electron chi connectivity index (χ0n) is 10.3. The average molecular weight is 436 g/mol. The molecule has 1 N–H and O–H groups in total. The van der Waals surface area contributed by atoms with Crippen LogP contribution in [0.3, 0.4) is 0 Å². The quantitative estimate of drug-likeness (QED) is 0.712. The summed E-state index contributed by atoms with van der Waals surface area (Å²) < 4.78 is 41.6. The largest absolute Gasteiger partial charge is 0.573 e. The lowest BCUT2D eigenvalue weighted by Gasteiger charge is -2.16. The van der Waals surface area contributed by atoms with Gasteiger partial charge in [0, 0.05) is 8.95 Å². The molecular formula is C12H3Br2F3N4O. The minimum Gasteiger partial charge on any atom is -0.403 e. The topological polar surface area (TPSA) is 92.6 Å². The number of benzene rings is 1. The summed E-state index contributed by atoms with van der Waals surface area (Å²) in [6.45, 7) is 0. The number of halogens is 5. The van der Waals surface area contributed by atoms with E-state index in [1.165, 1.54) is 24.3 Å². The van der Waals surface area contributed by atoms with E-state index in [1.807, 2.05) is 0 Å². The van der Waals surface area contributed by atoms with Gasteiger partial charge in [0.1, 0.15) is 23.9 Å². The van der Waals surface area contributed by atoms with Crippen LogP contribution in [0.4, 0.5) is 18.9 Å². The maximum Gasteiger partial charge on any atom is 0.573 e. The smallest absolute Gasteiger partial charge is 0.403 e. The summed E-state index contributed by atoms with van der Waals surface area (Å²) in [6.07, 6.45) is -4.96. The summed E-state index contributed by atoms with van der Waals surface area (Å²) in [5.74, 6) is -0.642. The summed E-state index contributed by atoms with van der Waals surface area (Å²) in [5.41, 5.74) is -1.32. The molecule has 1 rings (SSSR count). The molecule has 0 aliphatic carbocycles. The molecule has 0 fully saturated rings. The molecule has 10 heteroatoms. The van der Waals surface area contributed by atoms with Gasteiger partial charge in [-0.15, -0.1) is 13.2 Å². The molecule has 0 aliphatic heterocycles. The monoisotopic (exact) mass is 434 g/mol. The number of hydrogen-bond acceptors (Lipinski definition) is 5. The first-order valence-electron chi connectivity index (χ1n) is 5.18. The van der Waals surface area contributed by atoms with E-state index in [4.69, 9.17) is 15.8 Å². The Morgan fingerprint density at radius 3 is 2.14 bits per heavy atom. The van der Waals surface area contributed by atoms with Gasteiger partial charge in [-0.05, 0) is 28.1 Å². The van der Waals surface area contributed by atoms with Crippen LogP contribution in [0, 0.1) is 34.0 Å². The van der Waals surface area contributed by atoms with Crippen LogP contribution in [0.15, 0.2) is 32.3 Å². The van der Waals surface area contributed by atoms with E-state index in [0.29, 0.717) is 0 Å². The molecule has 5 nitrogen and oxygen atoms in total. The van der Waals surface area contributed by atoms with Crippen molar-refractivity contribution in [3.63, 3.8) is 0 Å². The van der Waals surface area contributed by atoms with Crippen LogP contribution in [0.5, 0.6) is 5.75 Å². The molecule has 22 heavy (non-hydrogen) atoms. The Bertz CT molecular complexity index is 738. The van der Waals surface area contributed by atoms with Gasteiger partial charge >= 0.3 is 6.36 Å². The first-order chi connectivity index (χ1) is 10.2. The molecule has 0 unspecified atom stereocenters. The van der Waals surface area contributed by atoms with Crippen molar-refractivity contribution in [1.29, 1.82) is 15.8 Å². The second-order valence-electron chi connectivity index (χ2n) is 3.52. The number of nitrogens with one attached hydrogen (secondary N) is 1. The van der Waals surface area contributed by atoms with Gasteiger partial charge in [-0.1, -0.05) is 15.9 Å². The van der Waals surface area contributed by atoms with E-state index in [-0.39, 0.29) is 14.6 Å². The number of allylic oxidation sites excluding steroid dienone is 2. The molecule has 1 aromatic carbocycles. The van der Waals surface area contributed by atoms with Gasteiger partial charge in [-0.25, -0.2) is 0 Å². The third-order valence-corrected chi connectivity index (χ3v) is 3.16. The first-order valence-corrected chi connectivity index (χ1v) is 6.76. The molecule has 0 saturated heterocycles. The highest BCUT2D eigenvalue weighted by atomic mass is 79.9. The molecule has 0 saturated carbocycles. The van der Waals surface area contributed by atoms with Crippen LogP contribution in [0.25, 0.3) is 0 Å². The summed E-state index contributed by atoms with van der Waals surface area (Å²) in [6, 6.07) is 6.90. The van der Waals surface area contributed by atoms with Gasteiger partial charge in [0.25, 0.3) is 0 Å². The molecular weight excluding hydrogens is 433 g/mol. The van der Waals surface area contributed by atoms with Crippen LogP contribution in [-0.2, 0) is 0 Å². The second kappa shape index (κ2) is 7.17. The van der Waals surface area contributed by atoms with E-state index in [9.17, 15) is 13.2 Å². The molecule has 0 amide bonds. The molecule has 0 aliphatic rings. The minimum atomic E-state index is -4.96. The van der Waals surface area contributed by atoms with Crippen LogP contribution >= 0.6 is 31.9 Å². The average Bonchev–Trinajstić information content (AvgIpc) is 2.39. The number of nitrogens with zero attached hydrogens (tertiary/aromatic N) is 3. The zero-order valence-corrected chi connectivity index (χ0v) is 13.5. The van der Waals surface area contributed by atoms with Crippen molar-refractivity contribution >= 4 is 37.5 Å². The predicted molar refractivity (Wildman–Crippen MR) is 76.0 cm³/mol. The molecule has 0 radical (unpaired) electrons. The summed E-state index contributed by atoms with van der Waals surface area (Å²) in [4.78, 5) is 0. The van der Waals surface area contributed by atoms with Gasteiger partial charge < -0.3 is 10.1 Å². The van der Waals surface area contributed by atoms with Crippen molar-refractivity contribution in [2.45, 2.75) is 6.36 Å². The van der Waals surface area contributed by atoms with Crippen molar-refractivity contribution in [3.05, 3.63) is 32.3 Å². The lowest BCUT2D eigenvalue weighted by Crippen LogP contribution is -2.18. The van der Waals surface area contributed by atoms with Crippen LogP contribution in [0.2, 0.25) is 0 Å². The predicted octanol–water partition coefficient (Wildman–Crippen LogP) is 4.35. The Morgan fingerprint density at radius 2 is 1.68 bits per heavy atom. The van der Waals surface area contributed by atoms with E-state index in [1.54, 1.807) is 0 Å². The van der Waals surface area contributed by atoms with Crippen molar-refractivity contribution in [1.82, 2.24) is 0 Å². The van der Waals surface area contributed by atoms with Crippen LogP contribution < -0.4 is 10.1 Å². The highest BCUT2D eigenvalue weighted by Gasteiger charge is 2.33. The molecule has 0 bridgehead atoms. The number of nitriles is 3. The van der Waals surface area contributed by atoms with Gasteiger partial charge in [-0.3, -0.25) is 0 Å². The van der Waals surface area contributed by atoms with Crippen LogP contribution in [0.1, 0.15) is 0 Å². The van der Waals surface area contributed by atoms with Crippen molar-refractivity contribution in [3.8, 4) is 24.0 Å². The zero-order chi connectivity index (χ0) is 16.9. The Morgan fingerprint density at radius 1 is 1.09 bits per heavy atom. The van der Waals surface area contributed by atoms with E-state index in [0.717, 1.165) is 6.07 Å². The third kappa shape index (κ3) is 4.66. The maximum absolute atomic E-state index is 12.4. The standard InChI is InChI=1S/C12H3Br2F3N4O/c13-7-1-8(14)11(10(2-7)22-12(15,16)17)21-9(5-20)6(3-18)4-19/h1-2,21H. The highest BCUT2D eigenvalue weighted by molar-refractivity contribution is 9.11. The lowest BCUT2D eigenvalue weighted by molar-refractivity contribution is -0.274. The Kier molecular flexibility index (Phi) is 5.81. The van der Waals surface area contributed by atoms with E-state index >= 15 is 0 Å². The highest BCUT2D eigenvalue weighted by Crippen LogP contribution is 2.39. The van der Waals surface area contributed by atoms with Gasteiger partial charge in [0.15, 0.2) is 11.3 Å². The number of rotatable bonds is 3. The van der Waals surface area contributed by atoms with Gasteiger partial charge in [0.2, 0.25) is 0 Å². The molecule has 0 atom stereocenters. The minimum absolute atomic E-state index is 0.129. The molecule has 0 heterocycles. The summed E-state index contributed by atoms with van der Waals surface area (Å²) in [5, 5.41) is 28.7. The summed E-state index contributed by atoms with van der Waals surface area (Å²) in [7, 11) is 0. The number of ether oxygens (including phenoxy) is 1. The molecule has 112 valence electrons. The molecule has 0 aromatic heterocycles. The van der Waals surface area contributed by atoms with Gasteiger partial charge in [0.05, 0.1) is 5.69 Å². The number of anilines is 1. The Labute approximate surface area is 139 Å². The van der Waals surface area contributed by atoms with Crippen LogP contribution in [-0.4, -0.2) is 6.36 Å². The molecule has 1 aromatic rings. The SMILES string of the molecule is N#CC(C#N)=C(C#N)Nc1c(Br)cc(Br)cc1OC(F)(F)F. The fourth-order valence-electron chi connectivity index (χ4n) is 1.28. The van der Waals surface area contributed by atoms with Crippen molar-refractivity contribution in [2.24, 2.45) is 0 Å². The maximum atomic E-state index is 12.4. The van der Waals surface area contributed by atoms with E-state index in [2.05, 4.69) is 41.9 Å². The van der Waals surface area contributed by atoms with Crippen molar-refractivity contribution in [2.75, 3.05) is 5.32 Å². The Hall–Kier alpha value is -2.22. The van der Waals surface area contributed by atoms with Crippen molar-refractivity contribution < 1.29 is 17.9 Å². The summed E-state index contributed by atoms with van der Waals surface area (Å²) >= 11 is 6.03. The third-order valence-electron chi connectivity index (χ3n) is 2.08. The second-order valence-corrected chi connectivity index (χ2v) is 5.29. The Balaban J connectivity index is 3.43. The fourth-order valence-corrected chi connectivity index (χ4v) is 2.57. The molecule has 0 spiro atoms. The van der Waals surface area contributed by atoms with Gasteiger partial charge in [-0.2, -0.15) is 15.8 Å². The van der Waals surface area contributed by atoms with E-state index < -0.39 is 23.4 Å². The first kappa shape index (κ1) is 17.8. The number of hydrogen-bond donors (Lipinski definition) is 1. The lowest BCUT2D eigenvalue weighted by atomic mass is 10.2. The fraction of sp³-hybridized carbons (Fsp3) is 0.0833. The number of alkyl halides is 3. The normalized spacial score (nSPS) is 9.91.